The number of ether oxygens (including phenoxy) is 4. The number of nitrogens with zero attached hydrogens (tertiary/aromatic N) is 3. The highest BCUT2D eigenvalue weighted by atomic mass is 16.6. The summed E-state index contributed by atoms with van der Waals surface area (Å²) in [6.45, 7) is 2.31. The molecular formula is C28H32N4O12. The zero-order chi connectivity index (χ0) is 32.2. The summed E-state index contributed by atoms with van der Waals surface area (Å²) < 4.78 is 21.3. The van der Waals surface area contributed by atoms with Crippen LogP contribution >= 0.6 is 0 Å². The zero-order valence-electron chi connectivity index (χ0n) is 24.0. The predicted molar refractivity (Wildman–Crippen MR) is 150 cm³/mol. The van der Waals surface area contributed by atoms with E-state index in [0.29, 0.717) is 11.1 Å². The number of carbonyl (C=O) groups excluding carboxylic acids is 4. The molecule has 0 radical (unpaired) electrons. The molecule has 1 aliphatic heterocycles. The number of alkyl carbamates (subject to hydrolysis) is 1. The first kappa shape index (κ1) is 33.2. The van der Waals surface area contributed by atoms with Gasteiger partial charge in [0.15, 0.2) is 0 Å². The second-order valence-corrected chi connectivity index (χ2v) is 9.93. The van der Waals surface area contributed by atoms with E-state index in [2.05, 4.69) is 5.32 Å². The molecule has 0 unspecified atom stereocenters. The number of esters is 2. The predicted octanol–water partition coefficient (Wildman–Crippen LogP) is 3.78. The van der Waals surface area contributed by atoms with E-state index in [1.807, 2.05) is 0 Å². The summed E-state index contributed by atoms with van der Waals surface area (Å²) in [4.78, 5) is 70.5. The smallest absolute Gasteiger partial charge is 0.410 e. The molecule has 3 rings (SSSR count). The molecule has 0 bridgehead atoms. The lowest BCUT2D eigenvalue weighted by Crippen LogP contribution is -2.39. The van der Waals surface area contributed by atoms with Crippen LogP contribution in [0, 0.1) is 20.2 Å². The Balaban J connectivity index is 1.56. The van der Waals surface area contributed by atoms with E-state index in [0.717, 1.165) is 0 Å². The van der Waals surface area contributed by atoms with Gasteiger partial charge in [-0.1, -0.05) is 0 Å². The van der Waals surface area contributed by atoms with Crippen molar-refractivity contribution in [3.05, 3.63) is 79.9 Å². The largest absolute Gasteiger partial charge is 0.462 e. The number of amides is 2. The molecule has 0 aromatic heterocycles. The van der Waals surface area contributed by atoms with Gasteiger partial charge in [-0.05, 0) is 35.4 Å². The maximum Gasteiger partial charge on any atom is 0.410 e. The third-order valence-corrected chi connectivity index (χ3v) is 6.57. The fourth-order valence-electron chi connectivity index (χ4n) is 4.59. The molecule has 0 saturated carbocycles. The average molecular weight is 617 g/mol. The van der Waals surface area contributed by atoms with Crippen molar-refractivity contribution in [1.29, 1.82) is 0 Å². The van der Waals surface area contributed by atoms with E-state index in [-0.39, 0.29) is 56.9 Å². The second-order valence-electron chi connectivity index (χ2n) is 9.93. The third kappa shape index (κ3) is 10.5. The lowest BCUT2D eigenvalue weighted by Gasteiger charge is -2.27. The van der Waals surface area contributed by atoms with Gasteiger partial charge in [-0.2, -0.15) is 0 Å². The molecule has 236 valence electrons. The van der Waals surface area contributed by atoms with E-state index >= 15 is 0 Å². The summed E-state index contributed by atoms with van der Waals surface area (Å²) >= 11 is 0. The molecule has 16 nitrogen and oxygen atoms in total. The number of hydrogen-bond acceptors (Lipinski definition) is 12. The van der Waals surface area contributed by atoms with Crippen LogP contribution in [-0.2, 0) is 41.8 Å². The van der Waals surface area contributed by atoms with Crippen LogP contribution in [0.25, 0.3) is 0 Å². The Morgan fingerprint density at radius 1 is 0.886 bits per heavy atom. The van der Waals surface area contributed by atoms with Crippen LogP contribution in [0.4, 0.5) is 21.0 Å². The zero-order valence-corrected chi connectivity index (χ0v) is 24.0. The van der Waals surface area contributed by atoms with Crippen LogP contribution in [0.2, 0.25) is 0 Å². The first-order valence-corrected chi connectivity index (χ1v) is 13.6. The molecule has 16 heteroatoms. The van der Waals surface area contributed by atoms with Gasteiger partial charge in [-0.15, -0.1) is 0 Å². The number of benzene rings is 2. The van der Waals surface area contributed by atoms with Crippen molar-refractivity contribution in [2.75, 3.05) is 13.1 Å². The van der Waals surface area contributed by atoms with E-state index in [9.17, 15) is 39.4 Å². The Morgan fingerprint density at radius 3 is 1.93 bits per heavy atom. The number of carbonyl (C=O) groups is 4. The summed E-state index contributed by atoms with van der Waals surface area (Å²) in [7, 11) is 0. The molecule has 2 aromatic rings. The fourth-order valence-corrected chi connectivity index (χ4v) is 4.59. The van der Waals surface area contributed by atoms with Gasteiger partial charge in [0.25, 0.3) is 11.4 Å². The maximum atomic E-state index is 13.0. The van der Waals surface area contributed by atoms with Gasteiger partial charge < -0.3 is 29.2 Å². The van der Waals surface area contributed by atoms with Gasteiger partial charge in [0.1, 0.15) is 25.4 Å². The summed E-state index contributed by atoms with van der Waals surface area (Å²) in [5.74, 6) is -1.10. The van der Waals surface area contributed by atoms with Crippen molar-refractivity contribution in [2.24, 2.45) is 0 Å². The van der Waals surface area contributed by atoms with Gasteiger partial charge in [0, 0.05) is 70.0 Å². The van der Waals surface area contributed by atoms with Crippen molar-refractivity contribution in [3.8, 4) is 0 Å². The molecule has 2 aromatic carbocycles. The summed E-state index contributed by atoms with van der Waals surface area (Å²) in [6.07, 6.45) is -2.22. The number of rotatable bonds is 13. The van der Waals surface area contributed by atoms with E-state index < -0.39 is 52.2 Å². The van der Waals surface area contributed by atoms with Crippen molar-refractivity contribution >= 4 is 35.5 Å². The molecule has 1 saturated heterocycles. The fraction of sp³-hybridized carbons (Fsp3) is 0.429. The van der Waals surface area contributed by atoms with Gasteiger partial charge in [0.05, 0.1) is 16.4 Å². The summed E-state index contributed by atoms with van der Waals surface area (Å²) in [6, 6.07) is 10.5. The number of non-ortho nitro benzene ring substituents is 2. The van der Waals surface area contributed by atoms with E-state index in [4.69, 9.17) is 18.9 Å². The molecule has 44 heavy (non-hydrogen) atoms. The first-order valence-electron chi connectivity index (χ1n) is 13.6. The summed E-state index contributed by atoms with van der Waals surface area (Å²) in [5, 5.41) is 24.2. The van der Waals surface area contributed by atoms with Crippen LogP contribution in [0.15, 0.2) is 48.5 Å². The van der Waals surface area contributed by atoms with Crippen LogP contribution in [0.5, 0.6) is 0 Å². The lowest BCUT2D eigenvalue weighted by molar-refractivity contribution is -0.385. The van der Waals surface area contributed by atoms with Gasteiger partial charge in [-0.25, -0.2) is 9.59 Å². The number of likely N-dealkylation sites (tertiary alicyclic amines) is 1. The molecule has 1 heterocycles. The SMILES string of the molecule is CC(=O)O[C@@H](CCNC(=O)OCc1ccc([N+](=O)[O-])cc1)C[C@@H]1C[C@H](OC(C)=O)CN1C(=O)OCc1ccc([N+](=O)[O-])cc1. The minimum atomic E-state index is -0.753. The highest BCUT2D eigenvalue weighted by Crippen LogP contribution is 2.27. The van der Waals surface area contributed by atoms with E-state index in [1.165, 1.54) is 67.3 Å². The molecule has 2 amide bonds. The van der Waals surface area contributed by atoms with Gasteiger partial charge in [0.2, 0.25) is 0 Å². The quantitative estimate of drug-likeness (QED) is 0.148. The van der Waals surface area contributed by atoms with Gasteiger partial charge in [-0.3, -0.25) is 29.8 Å². The monoisotopic (exact) mass is 616 g/mol. The van der Waals surface area contributed by atoms with Crippen LogP contribution in [-0.4, -0.2) is 70.2 Å². The Labute approximate surface area is 251 Å². The van der Waals surface area contributed by atoms with Crippen molar-refractivity contribution in [3.63, 3.8) is 0 Å². The maximum absolute atomic E-state index is 13.0. The highest BCUT2D eigenvalue weighted by Gasteiger charge is 2.39. The topological polar surface area (TPSA) is 207 Å². The van der Waals surface area contributed by atoms with Crippen molar-refractivity contribution in [1.82, 2.24) is 10.2 Å². The normalized spacial score (nSPS) is 16.4. The number of nitrogens with one attached hydrogen (secondary N) is 1. The lowest BCUT2D eigenvalue weighted by atomic mass is 10.0. The molecule has 1 aliphatic rings. The highest BCUT2D eigenvalue weighted by molar-refractivity contribution is 5.70. The molecule has 1 fully saturated rings. The van der Waals surface area contributed by atoms with Crippen LogP contribution in [0.3, 0.4) is 0 Å². The van der Waals surface area contributed by atoms with Crippen molar-refractivity contribution in [2.45, 2.75) is 64.6 Å². The van der Waals surface area contributed by atoms with Gasteiger partial charge >= 0.3 is 24.1 Å². The van der Waals surface area contributed by atoms with Crippen LogP contribution in [0.1, 0.15) is 44.2 Å². The number of nitro groups is 2. The Morgan fingerprint density at radius 2 is 1.43 bits per heavy atom. The Hall–Kier alpha value is -5.28. The van der Waals surface area contributed by atoms with Crippen molar-refractivity contribution < 1.29 is 48.0 Å². The molecule has 1 N–H and O–H groups in total. The summed E-state index contributed by atoms with van der Waals surface area (Å²) in [5.41, 5.74) is 0.883. The standard InChI is InChI=1S/C28H32N4O12/c1-18(33)43-25(11-12-29-27(35)41-16-20-3-7-22(8-4-20)31(37)38)13-24-14-26(44-19(2)34)15-30(24)28(36)42-17-21-5-9-23(10-6-21)32(39)40/h3-10,24-26H,11-17H2,1-2H3,(H,29,35)/t24-,25+,26+/m1/s1. The minimum Gasteiger partial charge on any atom is -0.462 e. The minimum absolute atomic E-state index is 0.0450. The van der Waals surface area contributed by atoms with E-state index in [1.54, 1.807) is 0 Å². The second kappa shape index (κ2) is 15.8. The molecule has 0 spiro atoms. The third-order valence-electron chi connectivity index (χ3n) is 6.57. The average Bonchev–Trinajstić information content (AvgIpc) is 3.36. The Kier molecular flexibility index (Phi) is 11.9. The van der Waals surface area contributed by atoms with Crippen LogP contribution < -0.4 is 5.32 Å². The Bertz CT molecular complexity index is 1350. The molecule has 3 atom stereocenters. The first-order chi connectivity index (χ1) is 20.9. The molecule has 0 aliphatic carbocycles. The number of nitro benzene ring substituents is 2. The number of hydrogen-bond donors (Lipinski definition) is 1. The molecular weight excluding hydrogens is 584 g/mol.